The summed E-state index contributed by atoms with van der Waals surface area (Å²) < 4.78 is 5.21. The number of nitro groups is 1. The van der Waals surface area contributed by atoms with Crippen molar-refractivity contribution in [2.45, 2.75) is 59.8 Å². The van der Waals surface area contributed by atoms with E-state index in [-0.39, 0.29) is 58.1 Å². The highest BCUT2D eigenvalue weighted by Crippen LogP contribution is 2.40. The van der Waals surface area contributed by atoms with Crippen LogP contribution >= 0.6 is 24.4 Å². The predicted molar refractivity (Wildman–Crippen MR) is 139 cm³/mol. The Morgan fingerprint density at radius 2 is 1.19 bits per heavy atom. The molecule has 3 rings (SSSR count). The van der Waals surface area contributed by atoms with Crippen LogP contribution in [-0.4, -0.2) is 33.4 Å². The Morgan fingerprint density at radius 1 is 0.806 bits per heavy atom. The first kappa shape index (κ1) is 27.0. The van der Waals surface area contributed by atoms with Gasteiger partial charge in [0, 0.05) is 37.8 Å². The number of hydrogen-bond donors (Lipinski definition) is 2. The maximum atomic E-state index is 13.7. The van der Waals surface area contributed by atoms with Gasteiger partial charge in [-0.05, 0) is 52.1 Å². The molecule has 3 aromatic rings. The number of rotatable bonds is 8. The molecule has 0 saturated heterocycles. The highest BCUT2D eigenvalue weighted by Gasteiger charge is 2.36. The van der Waals surface area contributed by atoms with Gasteiger partial charge in [-0.2, -0.15) is 0 Å². The third-order valence-corrected chi connectivity index (χ3v) is 7.04. The van der Waals surface area contributed by atoms with Crippen molar-refractivity contribution < 1.29 is 15.1 Å². The minimum atomic E-state index is -1.50. The van der Waals surface area contributed by atoms with Crippen molar-refractivity contribution in [3.63, 3.8) is 0 Å². The number of nitro benzene ring substituents is 1. The minimum Gasteiger partial charge on any atom is -0.494 e. The van der Waals surface area contributed by atoms with E-state index in [1.165, 1.54) is 42.5 Å². The fourth-order valence-corrected chi connectivity index (χ4v) is 5.26. The Labute approximate surface area is 216 Å². The fraction of sp³-hybridized carbons (Fsp3) is 0.391. The zero-order chi connectivity index (χ0) is 26.9. The van der Waals surface area contributed by atoms with Crippen LogP contribution in [0.4, 0.5) is 5.69 Å². The van der Waals surface area contributed by atoms with Crippen molar-refractivity contribution in [1.29, 1.82) is 0 Å². The quantitative estimate of drug-likeness (QED) is 0.254. The summed E-state index contributed by atoms with van der Waals surface area (Å²) in [5, 5.41) is 34.6. The van der Waals surface area contributed by atoms with E-state index in [1.54, 1.807) is 27.7 Å². The predicted octanol–water partition coefficient (Wildman–Crippen LogP) is 3.65. The molecular weight excluding hydrogens is 506 g/mol. The van der Waals surface area contributed by atoms with E-state index in [0.717, 1.165) is 0 Å². The average molecular weight is 534 g/mol. The number of para-hydroxylation sites is 1. The molecule has 0 saturated carbocycles. The van der Waals surface area contributed by atoms with Crippen molar-refractivity contribution in [3.05, 3.63) is 81.3 Å². The molecule has 0 aliphatic heterocycles. The lowest BCUT2D eigenvalue weighted by Crippen LogP contribution is -2.35. The lowest BCUT2D eigenvalue weighted by Gasteiger charge is -2.24. The lowest BCUT2D eigenvalue weighted by molar-refractivity contribution is -0.385. The Kier molecular flexibility index (Phi) is 7.94. The smallest absolute Gasteiger partial charge is 0.273 e. The molecular formula is C23H27N5O6S2. The Hall–Kier alpha value is -3.58. The van der Waals surface area contributed by atoms with Crippen LogP contribution in [0.3, 0.4) is 0 Å². The van der Waals surface area contributed by atoms with Crippen LogP contribution in [0, 0.1) is 19.7 Å². The summed E-state index contributed by atoms with van der Waals surface area (Å²) in [7, 11) is 0. The van der Waals surface area contributed by atoms with Gasteiger partial charge >= 0.3 is 0 Å². The van der Waals surface area contributed by atoms with Crippen LogP contribution in [0.15, 0.2) is 33.9 Å². The van der Waals surface area contributed by atoms with Gasteiger partial charge < -0.3 is 10.2 Å². The van der Waals surface area contributed by atoms with E-state index in [2.05, 4.69) is 0 Å². The first-order valence-corrected chi connectivity index (χ1v) is 12.2. The highest BCUT2D eigenvalue weighted by atomic mass is 32.1. The summed E-state index contributed by atoms with van der Waals surface area (Å²) in [4.78, 5) is 38.8. The molecule has 0 spiro atoms. The van der Waals surface area contributed by atoms with Crippen molar-refractivity contribution in [2.24, 2.45) is 0 Å². The molecule has 0 atom stereocenters. The number of aromatic nitrogens is 4. The lowest BCUT2D eigenvalue weighted by atomic mass is 9.85. The highest BCUT2D eigenvalue weighted by molar-refractivity contribution is 7.71. The summed E-state index contributed by atoms with van der Waals surface area (Å²) in [6.07, 6.45) is 0. The number of nitrogens with zero attached hydrogens (tertiary/aromatic N) is 5. The molecule has 0 radical (unpaired) electrons. The van der Waals surface area contributed by atoms with E-state index >= 15 is 0 Å². The van der Waals surface area contributed by atoms with Gasteiger partial charge in [-0.3, -0.25) is 38.0 Å². The zero-order valence-corrected chi connectivity index (χ0v) is 21.9. The first-order chi connectivity index (χ1) is 17.1. The van der Waals surface area contributed by atoms with Gasteiger partial charge in [0.25, 0.3) is 16.8 Å². The average Bonchev–Trinajstić information content (AvgIpc) is 2.84. The van der Waals surface area contributed by atoms with Crippen molar-refractivity contribution >= 4 is 30.1 Å². The Balaban J connectivity index is 2.70. The van der Waals surface area contributed by atoms with Gasteiger partial charge in [-0.1, -0.05) is 18.2 Å². The van der Waals surface area contributed by atoms with Gasteiger partial charge in [-0.25, -0.2) is 0 Å². The van der Waals surface area contributed by atoms with E-state index in [9.17, 15) is 29.9 Å². The maximum Gasteiger partial charge on any atom is 0.273 e. The van der Waals surface area contributed by atoms with Crippen LogP contribution in [0.2, 0.25) is 0 Å². The summed E-state index contributed by atoms with van der Waals surface area (Å²) in [6.45, 7) is 7.48. The topological polar surface area (TPSA) is 137 Å². The summed E-state index contributed by atoms with van der Waals surface area (Å²) in [6, 6.07) is 5.59. The van der Waals surface area contributed by atoms with E-state index < -0.39 is 33.7 Å². The molecule has 2 N–H and O–H groups in total. The minimum absolute atomic E-state index is 0.0489. The molecule has 2 aromatic heterocycles. The molecule has 36 heavy (non-hydrogen) atoms. The molecule has 0 aliphatic rings. The van der Waals surface area contributed by atoms with E-state index in [4.69, 9.17) is 24.4 Å². The zero-order valence-electron chi connectivity index (χ0n) is 20.3. The number of hydrogen-bond acceptors (Lipinski definition) is 8. The van der Waals surface area contributed by atoms with Gasteiger partial charge in [0.15, 0.2) is 9.54 Å². The number of benzene rings is 1. The van der Waals surface area contributed by atoms with Gasteiger partial charge in [0.2, 0.25) is 11.8 Å². The summed E-state index contributed by atoms with van der Waals surface area (Å²) >= 11 is 10.8. The molecule has 0 unspecified atom stereocenters. The summed E-state index contributed by atoms with van der Waals surface area (Å²) in [5.74, 6) is -2.57. The van der Waals surface area contributed by atoms with Crippen LogP contribution in [-0.2, 0) is 26.2 Å². The second-order valence-corrected chi connectivity index (χ2v) is 8.61. The van der Waals surface area contributed by atoms with Gasteiger partial charge in [-0.15, -0.1) is 0 Å². The molecule has 0 amide bonds. The Bertz CT molecular complexity index is 1490. The second-order valence-electron chi connectivity index (χ2n) is 7.88. The van der Waals surface area contributed by atoms with Crippen LogP contribution in [0.1, 0.15) is 50.3 Å². The van der Waals surface area contributed by atoms with Crippen molar-refractivity contribution in [2.75, 3.05) is 0 Å². The Morgan fingerprint density at radius 3 is 1.56 bits per heavy atom. The van der Waals surface area contributed by atoms with Gasteiger partial charge in [0.1, 0.15) is 0 Å². The maximum absolute atomic E-state index is 13.7. The van der Waals surface area contributed by atoms with Gasteiger partial charge in [0.05, 0.1) is 22.0 Å². The van der Waals surface area contributed by atoms with E-state index in [1.807, 2.05) is 0 Å². The molecule has 192 valence electrons. The molecule has 1 aromatic carbocycles. The first-order valence-electron chi connectivity index (χ1n) is 11.4. The second kappa shape index (κ2) is 10.6. The number of aromatic hydroxyl groups is 2. The van der Waals surface area contributed by atoms with Crippen LogP contribution in [0.25, 0.3) is 0 Å². The molecule has 11 nitrogen and oxygen atoms in total. The molecule has 0 aliphatic carbocycles. The SMILES string of the molecule is CCn1c(O)c(C(c2ccccc2[N+](=O)[O-])c2c(O)n(CC)c(=S)n(CC)c2=O)c(=O)n(CC)c1=S. The third-order valence-electron chi connectivity index (χ3n) is 6.15. The van der Waals surface area contributed by atoms with Crippen LogP contribution < -0.4 is 11.1 Å². The summed E-state index contributed by atoms with van der Waals surface area (Å²) in [5.41, 5.74) is -2.50. The molecule has 0 bridgehead atoms. The van der Waals surface area contributed by atoms with E-state index in [0.29, 0.717) is 0 Å². The monoisotopic (exact) mass is 533 g/mol. The van der Waals surface area contributed by atoms with Crippen molar-refractivity contribution in [1.82, 2.24) is 18.3 Å². The molecule has 0 fully saturated rings. The fourth-order valence-electron chi connectivity index (χ4n) is 4.41. The van der Waals surface area contributed by atoms with Crippen molar-refractivity contribution in [3.8, 4) is 11.8 Å². The largest absolute Gasteiger partial charge is 0.494 e. The normalized spacial score (nSPS) is 11.2. The van der Waals surface area contributed by atoms with Crippen LogP contribution in [0.5, 0.6) is 11.8 Å². The standard InChI is InChI=1S/C23H27N5O6S2/c1-5-24-18(29)16(19(30)25(6-2)22(24)35)15(13-11-9-10-12-14(13)28(33)34)17-20(31)26(7-3)23(36)27(8-4)21(17)32/h9-12,15,29,31H,5-8H2,1-4H3. The third kappa shape index (κ3) is 4.17. The molecule has 2 heterocycles. The molecule has 13 heteroatoms.